The van der Waals surface area contributed by atoms with Gasteiger partial charge in [0.15, 0.2) is 0 Å². The maximum atomic E-state index is 12.6. The molecular formula is C28H34N4O3. The lowest BCUT2D eigenvalue weighted by molar-refractivity contribution is 0.0780. The summed E-state index contributed by atoms with van der Waals surface area (Å²) < 4.78 is 8.02. The minimum atomic E-state index is -0.0552. The highest BCUT2D eigenvalue weighted by Gasteiger charge is 2.25. The average molecular weight is 475 g/mol. The third-order valence-electron chi connectivity index (χ3n) is 7.66. The number of piperidine rings is 1. The molecule has 3 heterocycles. The Balaban J connectivity index is 1.24. The second kappa shape index (κ2) is 9.74. The first-order valence-corrected chi connectivity index (χ1v) is 12.5. The zero-order valence-corrected chi connectivity index (χ0v) is 20.8. The van der Waals surface area contributed by atoms with Gasteiger partial charge in [-0.3, -0.25) is 9.59 Å². The first kappa shape index (κ1) is 23.4. The summed E-state index contributed by atoms with van der Waals surface area (Å²) in [4.78, 5) is 29.0. The van der Waals surface area contributed by atoms with E-state index < -0.39 is 0 Å². The van der Waals surface area contributed by atoms with Crippen molar-refractivity contribution in [2.75, 3.05) is 47.4 Å². The van der Waals surface area contributed by atoms with Crippen molar-refractivity contribution in [1.82, 2.24) is 19.7 Å². The topological polar surface area (TPSA) is 66.8 Å². The van der Waals surface area contributed by atoms with Gasteiger partial charge >= 0.3 is 0 Å². The number of methoxy groups -OCH3 is 1. The molecule has 35 heavy (non-hydrogen) atoms. The van der Waals surface area contributed by atoms with Crippen molar-refractivity contribution >= 4 is 22.7 Å². The number of carbonyl (C=O) groups excluding carboxylic acids is 2. The van der Waals surface area contributed by atoms with Crippen LogP contribution in [0.3, 0.4) is 0 Å². The van der Waals surface area contributed by atoms with Gasteiger partial charge in [0.25, 0.3) is 11.8 Å². The summed E-state index contributed by atoms with van der Waals surface area (Å²) in [5.74, 6) is 0.941. The highest BCUT2D eigenvalue weighted by atomic mass is 16.5. The Hall–Kier alpha value is -3.32. The molecule has 2 amide bonds. The second-order valence-corrected chi connectivity index (χ2v) is 9.70. The van der Waals surface area contributed by atoms with Crippen LogP contribution < -0.4 is 10.1 Å². The van der Waals surface area contributed by atoms with Gasteiger partial charge < -0.3 is 24.4 Å². The number of aromatic nitrogens is 1. The van der Waals surface area contributed by atoms with Crippen molar-refractivity contribution in [1.29, 1.82) is 0 Å². The molecule has 0 atom stereocenters. The molecule has 7 nitrogen and oxygen atoms in total. The van der Waals surface area contributed by atoms with Crippen LogP contribution in [0, 0.1) is 0 Å². The normalized spacial score (nSPS) is 17.0. The van der Waals surface area contributed by atoms with E-state index in [1.807, 2.05) is 25.2 Å². The third-order valence-corrected chi connectivity index (χ3v) is 7.66. The zero-order chi connectivity index (χ0) is 24.5. The Morgan fingerprint density at radius 2 is 1.91 bits per heavy atom. The quantitative estimate of drug-likeness (QED) is 0.594. The van der Waals surface area contributed by atoms with Gasteiger partial charge in [0.2, 0.25) is 0 Å². The molecule has 5 rings (SSSR count). The molecule has 2 aliphatic rings. The van der Waals surface area contributed by atoms with Crippen molar-refractivity contribution in [3.63, 3.8) is 0 Å². The predicted molar refractivity (Wildman–Crippen MR) is 137 cm³/mol. The lowest BCUT2D eigenvalue weighted by Gasteiger charge is -2.33. The van der Waals surface area contributed by atoms with E-state index in [4.69, 9.17) is 4.74 Å². The van der Waals surface area contributed by atoms with Crippen molar-refractivity contribution in [3.8, 4) is 5.75 Å². The van der Waals surface area contributed by atoms with Gasteiger partial charge in [0.05, 0.1) is 7.11 Å². The number of fused-ring (bicyclic) bond motifs is 2. The number of ether oxygens (including phenoxy) is 1. The van der Waals surface area contributed by atoms with Crippen LogP contribution in [0.25, 0.3) is 10.9 Å². The highest BCUT2D eigenvalue weighted by molar-refractivity contribution is 5.98. The van der Waals surface area contributed by atoms with Gasteiger partial charge in [-0.2, -0.15) is 0 Å². The van der Waals surface area contributed by atoms with E-state index in [1.54, 1.807) is 19.1 Å². The van der Waals surface area contributed by atoms with E-state index in [9.17, 15) is 9.59 Å². The van der Waals surface area contributed by atoms with Crippen LogP contribution in [0.15, 0.2) is 42.6 Å². The summed E-state index contributed by atoms with van der Waals surface area (Å²) in [6, 6.07) is 12.6. The van der Waals surface area contributed by atoms with Gasteiger partial charge in [-0.1, -0.05) is 6.07 Å². The molecule has 1 saturated heterocycles. The molecule has 0 unspecified atom stereocenters. The summed E-state index contributed by atoms with van der Waals surface area (Å²) in [5, 5.41) is 3.88. The Labute approximate surface area is 206 Å². The summed E-state index contributed by atoms with van der Waals surface area (Å²) in [7, 11) is 5.24. The van der Waals surface area contributed by atoms with E-state index in [0.717, 1.165) is 79.8 Å². The minimum Gasteiger partial charge on any atom is -0.496 e. The molecule has 0 spiro atoms. The molecule has 1 N–H and O–H groups in total. The van der Waals surface area contributed by atoms with Crippen LogP contribution in [-0.4, -0.2) is 73.6 Å². The van der Waals surface area contributed by atoms with Crippen LogP contribution in [0.1, 0.15) is 50.7 Å². The van der Waals surface area contributed by atoms with Crippen molar-refractivity contribution < 1.29 is 14.3 Å². The largest absolute Gasteiger partial charge is 0.496 e. The Morgan fingerprint density at radius 3 is 2.66 bits per heavy atom. The molecule has 2 aromatic carbocycles. The monoisotopic (exact) mass is 474 g/mol. The zero-order valence-electron chi connectivity index (χ0n) is 20.8. The number of hydrogen-bond acceptors (Lipinski definition) is 4. The lowest BCUT2D eigenvalue weighted by atomic mass is 9.94. The number of nitrogens with zero attached hydrogens (tertiary/aromatic N) is 3. The van der Waals surface area contributed by atoms with Crippen molar-refractivity contribution in [3.05, 3.63) is 64.8 Å². The molecule has 3 aromatic rings. The van der Waals surface area contributed by atoms with Crippen LogP contribution in [0.5, 0.6) is 5.75 Å². The van der Waals surface area contributed by atoms with Crippen LogP contribution in [0.2, 0.25) is 0 Å². The van der Waals surface area contributed by atoms with Crippen LogP contribution >= 0.6 is 0 Å². The predicted octanol–water partition coefficient (Wildman–Crippen LogP) is 3.52. The van der Waals surface area contributed by atoms with Gasteiger partial charge in [-0.05, 0) is 72.5 Å². The fourth-order valence-corrected chi connectivity index (χ4v) is 5.51. The number of hydrogen-bond donors (Lipinski definition) is 1. The number of carbonyl (C=O) groups is 2. The molecule has 1 aromatic heterocycles. The minimum absolute atomic E-state index is 0.0552. The molecule has 184 valence electrons. The first-order chi connectivity index (χ1) is 17.0. The summed E-state index contributed by atoms with van der Waals surface area (Å²) in [6.45, 7) is 3.75. The second-order valence-electron chi connectivity index (χ2n) is 9.70. The van der Waals surface area contributed by atoms with Crippen molar-refractivity contribution in [2.24, 2.45) is 0 Å². The molecular weight excluding hydrogens is 440 g/mol. The molecule has 1 fully saturated rings. The van der Waals surface area contributed by atoms with E-state index in [1.165, 1.54) is 5.39 Å². The maximum Gasteiger partial charge on any atom is 0.253 e. The Bertz CT molecular complexity index is 1260. The number of nitrogens with one attached hydrogen (secondary N) is 1. The molecule has 0 bridgehead atoms. The molecule has 2 aliphatic heterocycles. The highest BCUT2D eigenvalue weighted by Crippen LogP contribution is 2.31. The van der Waals surface area contributed by atoms with E-state index in [-0.39, 0.29) is 11.8 Å². The maximum absolute atomic E-state index is 12.6. The Morgan fingerprint density at radius 1 is 1.11 bits per heavy atom. The lowest BCUT2D eigenvalue weighted by Crippen LogP contribution is -2.36. The standard InChI is InChI=1S/C28H34N4O3/c1-29-27(33)22-5-4-19-8-15-32(25(19)17-22)23-9-13-31(14-10-23)12-7-21-16-24-20(18-26(21)35-3)6-11-30(2)28(24)34/h4-5,8,15-18,23H,6-7,9-14H2,1-3H3,(H,29,33). The third kappa shape index (κ3) is 4.52. The summed E-state index contributed by atoms with van der Waals surface area (Å²) >= 11 is 0. The molecule has 7 heteroatoms. The van der Waals surface area contributed by atoms with E-state index >= 15 is 0 Å². The number of benzene rings is 2. The van der Waals surface area contributed by atoms with Gasteiger partial charge in [-0.15, -0.1) is 0 Å². The molecule has 0 radical (unpaired) electrons. The molecule has 0 saturated carbocycles. The fourth-order valence-electron chi connectivity index (χ4n) is 5.51. The fraction of sp³-hybridized carbons (Fsp3) is 0.429. The number of amides is 2. The smallest absolute Gasteiger partial charge is 0.253 e. The summed E-state index contributed by atoms with van der Waals surface area (Å²) in [5.41, 5.74) is 4.84. The van der Waals surface area contributed by atoms with Crippen LogP contribution in [0.4, 0.5) is 0 Å². The Kier molecular flexibility index (Phi) is 6.52. The first-order valence-electron chi connectivity index (χ1n) is 12.5. The average Bonchev–Trinajstić information content (AvgIpc) is 3.32. The SMILES string of the molecule is CNC(=O)c1ccc2ccn(C3CCN(CCc4cc5c(cc4OC)CCN(C)C5=O)CC3)c2c1. The molecule has 0 aliphatic carbocycles. The van der Waals surface area contributed by atoms with E-state index in [2.05, 4.69) is 39.2 Å². The van der Waals surface area contributed by atoms with Gasteiger partial charge in [0.1, 0.15) is 5.75 Å². The van der Waals surface area contributed by atoms with Gasteiger partial charge in [-0.25, -0.2) is 0 Å². The van der Waals surface area contributed by atoms with Crippen LogP contribution in [-0.2, 0) is 12.8 Å². The van der Waals surface area contributed by atoms with Gasteiger partial charge in [0, 0.05) is 69.2 Å². The van der Waals surface area contributed by atoms with Crippen molar-refractivity contribution in [2.45, 2.75) is 31.7 Å². The number of rotatable bonds is 6. The number of likely N-dealkylation sites (N-methyl/N-ethyl adjacent to an activating group) is 1. The number of likely N-dealkylation sites (tertiary alicyclic amines) is 1. The summed E-state index contributed by atoms with van der Waals surface area (Å²) in [6.07, 6.45) is 6.03. The van der Waals surface area contributed by atoms with E-state index in [0.29, 0.717) is 11.6 Å².